The van der Waals surface area contributed by atoms with Crippen LogP contribution in [0.5, 0.6) is 11.5 Å². The molecule has 3 aromatic rings. The number of hydrogen-bond donors (Lipinski definition) is 1. The lowest BCUT2D eigenvalue weighted by atomic mass is 10.1. The molecule has 1 aliphatic heterocycles. The molecule has 1 aliphatic rings. The van der Waals surface area contributed by atoms with E-state index in [1.54, 1.807) is 66.7 Å². The first-order valence-corrected chi connectivity index (χ1v) is 11.2. The first kappa shape index (κ1) is 22.7. The smallest absolute Gasteiger partial charge is 0.339 e. The Kier molecular flexibility index (Phi) is 7.16. The predicted octanol–water partition coefficient (Wildman–Crippen LogP) is 4.84. The maximum Gasteiger partial charge on any atom is 0.339 e. The van der Waals surface area contributed by atoms with Gasteiger partial charge in [0.25, 0.3) is 0 Å². The Balaban J connectivity index is 1.32. The molecule has 1 heterocycles. The number of ketones is 1. The fourth-order valence-electron chi connectivity index (χ4n) is 3.00. The van der Waals surface area contributed by atoms with Crippen LogP contribution in [0.4, 0.5) is 5.69 Å². The molecule has 4 rings (SSSR count). The van der Waals surface area contributed by atoms with E-state index in [0.29, 0.717) is 32.7 Å². The van der Waals surface area contributed by atoms with Gasteiger partial charge in [-0.3, -0.25) is 9.59 Å². The summed E-state index contributed by atoms with van der Waals surface area (Å²) in [6, 6.07) is 18.2. The Bertz CT molecular complexity index is 1200. The molecule has 0 bridgehead atoms. The van der Waals surface area contributed by atoms with Gasteiger partial charge in [0, 0.05) is 27.2 Å². The molecule has 168 valence electrons. The summed E-state index contributed by atoms with van der Waals surface area (Å²) in [5.74, 6) is 0.0402. The van der Waals surface area contributed by atoms with Crippen LogP contribution < -0.4 is 14.8 Å². The molecule has 1 N–H and O–H groups in total. The van der Waals surface area contributed by atoms with Crippen LogP contribution in [-0.2, 0) is 9.53 Å². The summed E-state index contributed by atoms with van der Waals surface area (Å²) in [5, 5.41) is 3.30. The van der Waals surface area contributed by atoms with Crippen molar-refractivity contribution < 1.29 is 28.6 Å². The first-order chi connectivity index (χ1) is 16.0. The van der Waals surface area contributed by atoms with Gasteiger partial charge < -0.3 is 19.5 Å². The van der Waals surface area contributed by atoms with Crippen molar-refractivity contribution in [3.63, 3.8) is 0 Å². The number of nitrogens with one attached hydrogen (secondary N) is 1. The van der Waals surface area contributed by atoms with Crippen LogP contribution in [0.1, 0.15) is 20.7 Å². The zero-order chi connectivity index (χ0) is 23.2. The molecule has 0 radical (unpaired) electrons. The highest BCUT2D eigenvalue weighted by atomic mass is 35.5. The molecule has 9 heteroatoms. The summed E-state index contributed by atoms with van der Waals surface area (Å²) < 4.78 is 15.8. The largest absolute Gasteiger partial charge is 0.454 e. The molecule has 0 saturated heterocycles. The lowest BCUT2D eigenvalue weighted by molar-refractivity contribution is -0.113. The van der Waals surface area contributed by atoms with Gasteiger partial charge in [-0.15, -0.1) is 11.8 Å². The average Bonchev–Trinajstić information content (AvgIpc) is 3.29. The van der Waals surface area contributed by atoms with Gasteiger partial charge in [-0.1, -0.05) is 23.7 Å². The number of benzene rings is 3. The Labute approximate surface area is 199 Å². The zero-order valence-corrected chi connectivity index (χ0v) is 18.8. The number of thioether (sulfide) groups is 1. The van der Waals surface area contributed by atoms with Gasteiger partial charge in [0.1, 0.15) is 0 Å². The molecule has 0 aliphatic carbocycles. The molecule has 0 unspecified atom stereocenters. The molecular formula is C24H18ClNO6S. The van der Waals surface area contributed by atoms with E-state index in [1.807, 2.05) is 0 Å². The van der Waals surface area contributed by atoms with Gasteiger partial charge >= 0.3 is 5.97 Å². The highest BCUT2D eigenvalue weighted by Gasteiger charge is 2.17. The zero-order valence-electron chi connectivity index (χ0n) is 17.2. The molecular weight excluding hydrogens is 466 g/mol. The summed E-state index contributed by atoms with van der Waals surface area (Å²) >= 11 is 7.01. The molecule has 33 heavy (non-hydrogen) atoms. The number of fused-ring (bicyclic) bond motifs is 1. The van der Waals surface area contributed by atoms with Crippen molar-refractivity contribution in [1.29, 1.82) is 0 Å². The standard InChI is InChI=1S/C24H18ClNO6S/c25-16-7-5-15(6-8-16)19(27)12-30-24(29)18-3-1-2-4-22(18)33-13-23(28)26-17-9-10-20-21(11-17)32-14-31-20/h1-11H,12-14H2,(H,26,28). The number of carbonyl (C=O) groups excluding carboxylic acids is 3. The fourth-order valence-corrected chi connectivity index (χ4v) is 3.97. The second-order valence-electron chi connectivity index (χ2n) is 6.91. The van der Waals surface area contributed by atoms with Gasteiger partial charge in [-0.25, -0.2) is 4.79 Å². The van der Waals surface area contributed by atoms with E-state index in [4.69, 9.17) is 25.8 Å². The van der Waals surface area contributed by atoms with Gasteiger partial charge in [0.05, 0.1) is 11.3 Å². The summed E-state index contributed by atoms with van der Waals surface area (Å²) in [6.45, 7) is -0.245. The number of carbonyl (C=O) groups is 3. The van der Waals surface area contributed by atoms with Crippen LogP contribution in [0.25, 0.3) is 0 Å². The number of esters is 1. The van der Waals surface area contributed by atoms with Crippen molar-refractivity contribution >= 4 is 46.7 Å². The van der Waals surface area contributed by atoms with E-state index in [0.717, 1.165) is 0 Å². The second-order valence-corrected chi connectivity index (χ2v) is 8.36. The number of amides is 1. The number of halogens is 1. The predicted molar refractivity (Wildman–Crippen MR) is 124 cm³/mol. The molecule has 0 fully saturated rings. The molecule has 7 nitrogen and oxygen atoms in total. The number of ether oxygens (including phenoxy) is 3. The van der Waals surface area contributed by atoms with Crippen molar-refractivity contribution in [1.82, 2.24) is 0 Å². The third-order valence-electron chi connectivity index (χ3n) is 4.62. The second kappa shape index (κ2) is 10.4. The van der Waals surface area contributed by atoms with Crippen LogP contribution in [0.15, 0.2) is 71.6 Å². The number of Topliss-reactive ketones (excluding diaryl/α,β-unsaturated/α-hetero) is 1. The summed E-state index contributed by atoms with van der Waals surface area (Å²) in [7, 11) is 0. The lowest BCUT2D eigenvalue weighted by Gasteiger charge is -2.10. The molecule has 3 aromatic carbocycles. The van der Waals surface area contributed by atoms with E-state index in [9.17, 15) is 14.4 Å². The van der Waals surface area contributed by atoms with Gasteiger partial charge in [-0.2, -0.15) is 0 Å². The Hall–Kier alpha value is -3.49. The quantitative estimate of drug-likeness (QED) is 0.278. The number of hydrogen-bond acceptors (Lipinski definition) is 7. The van der Waals surface area contributed by atoms with E-state index < -0.39 is 12.6 Å². The maximum absolute atomic E-state index is 12.6. The van der Waals surface area contributed by atoms with Gasteiger partial charge in [0.15, 0.2) is 23.9 Å². The number of anilines is 1. The van der Waals surface area contributed by atoms with Gasteiger partial charge in [0.2, 0.25) is 12.7 Å². The topological polar surface area (TPSA) is 90.9 Å². The van der Waals surface area contributed by atoms with Crippen molar-refractivity contribution in [2.45, 2.75) is 4.90 Å². The molecule has 1 amide bonds. The van der Waals surface area contributed by atoms with E-state index >= 15 is 0 Å². The number of rotatable bonds is 8. The third kappa shape index (κ3) is 5.85. The van der Waals surface area contributed by atoms with E-state index in [2.05, 4.69) is 5.32 Å². The van der Waals surface area contributed by atoms with E-state index in [-0.39, 0.29) is 29.8 Å². The Morgan fingerprint density at radius 1 is 0.970 bits per heavy atom. The lowest BCUT2D eigenvalue weighted by Crippen LogP contribution is -2.16. The Morgan fingerprint density at radius 3 is 2.55 bits per heavy atom. The normalized spacial score (nSPS) is 11.7. The molecule has 0 atom stereocenters. The minimum absolute atomic E-state index is 0.0719. The van der Waals surface area contributed by atoms with Crippen LogP contribution >= 0.6 is 23.4 Å². The van der Waals surface area contributed by atoms with Crippen LogP contribution in [0, 0.1) is 0 Å². The first-order valence-electron chi connectivity index (χ1n) is 9.87. The summed E-state index contributed by atoms with van der Waals surface area (Å²) in [4.78, 5) is 37.8. The van der Waals surface area contributed by atoms with Crippen molar-refractivity contribution in [3.05, 3.63) is 82.9 Å². The molecule has 0 spiro atoms. The van der Waals surface area contributed by atoms with E-state index in [1.165, 1.54) is 11.8 Å². The highest BCUT2D eigenvalue weighted by Crippen LogP contribution is 2.34. The van der Waals surface area contributed by atoms with Crippen molar-refractivity contribution in [2.24, 2.45) is 0 Å². The Morgan fingerprint density at radius 2 is 1.73 bits per heavy atom. The van der Waals surface area contributed by atoms with Crippen LogP contribution in [0.3, 0.4) is 0 Å². The highest BCUT2D eigenvalue weighted by molar-refractivity contribution is 8.00. The SMILES string of the molecule is O=C(CSc1ccccc1C(=O)OCC(=O)c1ccc(Cl)cc1)Nc1ccc2c(c1)OCO2. The van der Waals surface area contributed by atoms with Gasteiger partial charge in [-0.05, 0) is 48.5 Å². The maximum atomic E-state index is 12.6. The minimum atomic E-state index is -0.642. The summed E-state index contributed by atoms with van der Waals surface area (Å²) in [5.41, 5.74) is 1.26. The third-order valence-corrected chi connectivity index (χ3v) is 5.95. The van der Waals surface area contributed by atoms with Crippen molar-refractivity contribution in [2.75, 3.05) is 24.5 Å². The van der Waals surface area contributed by atoms with Crippen LogP contribution in [0.2, 0.25) is 5.02 Å². The molecule has 0 saturated carbocycles. The van der Waals surface area contributed by atoms with Crippen LogP contribution in [-0.4, -0.2) is 36.8 Å². The average molecular weight is 484 g/mol. The van der Waals surface area contributed by atoms with Crippen molar-refractivity contribution in [3.8, 4) is 11.5 Å². The monoisotopic (exact) mass is 483 g/mol. The fraction of sp³-hybridized carbons (Fsp3) is 0.125. The summed E-state index contributed by atoms with van der Waals surface area (Å²) in [6.07, 6.45) is 0. The molecule has 0 aromatic heterocycles. The minimum Gasteiger partial charge on any atom is -0.454 e.